The SMILES string of the molecule is C[C@]1(C(=O)O)CC/C=C/[C@@H](ON2C(=O)CCC2O)CC1. The van der Waals surface area contributed by atoms with Crippen molar-refractivity contribution in [3.63, 3.8) is 0 Å². The van der Waals surface area contributed by atoms with E-state index < -0.39 is 17.6 Å². The van der Waals surface area contributed by atoms with E-state index >= 15 is 0 Å². The second kappa shape index (κ2) is 5.93. The molecule has 1 amide bonds. The average Bonchev–Trinajstić information content (AvgIpc) is 2.69. The summed E-state index contributed by atoms with van der Waals surface area (Å²) in [6.07, 6.45) is 5.38. The Bertz CT molecular complexity index is 422. The molecule has 2 N–H and O–H groups in total. The molecule has 0 spiro atoms. The zero-order chi connectivity index (χ0) is 14.8. The van der Waals surface area contributed by atoms with E-state index in [4.69, 9.17) is 4.84 Å². The molecule has 1 saturated heterocycles. The maximum absolute atomic E-state index is 11.6. The molecule has 1 fully saturated rings. The number of carboxylic acids is 1. The molecule has 6 nitrogen and oxygen atoms in total. The number of allylic oxidation sites excluding steroid dienone is 1. The van der Waals surface area contributed by atoms with Gasteiger partial charge in [0.15, 0.2) is 6.23 Å². The lowest BCUT2D eigenvalue weighted by Crippen LogP contribution is -2.37. The van der Waals surface area contributed by atoms with Crippen molar-refractivity contribution in [3.8, 4) is 0 Å². The fraction of sp³-hybridized carbons (Fsp3) is 0.714. The van der Waals surface area contributed by atoms with Gasteiger partial charge in [-0.05, 0) is 32.6 Å². The van der Waals surface area contributed by atoms with Gasteiger partial charge in [-0.3, -0.25) is 14.4 Å². The first kappa shape index (κ1) is 15.0. The highest BCUT2D eigenvalue weighted by molar-refractivity contribution is 5.77. The fourth-order valence-corrected chi connectivity index (χ4v) is 2.55. The van der Waals surface area contributed by atoms with Crippen LogP contribution in [0.3, 0.4) is 0 Å². The van der Waals surface area contributed by atoms with Crippen molar-refractivity contribution in [2.24, 2.45) is 5.41 Å². The Kier molecular flexibility index (Phi) is 4.45. The third-order valence-electron chi connectivity index (χ3n) is 4.09. The molecular weight excluding hydrogens is 262 g/mol. The van der Waals surface area contributed by atoms with Crippen LogP contribution in [0, 0.1) is 5.41 Å². The number of hydrogen-bond acceptors (Lipinski definition) is 4. The van der Waals surface area contributed by atoms with Crippen molar-refractivity contribution in [3.05, 3.63) is 12.2 Å². The highest BCUT2D eigenvalue weighted by atomic mass is 16.7. The van der Waals surface area contributed by atoms with Crippen LogP contribution in [0.25, 0.3) is 0 Å². The molecule has 112 valence electrons. The molecule has 0 aromatic heterocycles. The predicted octanol–water partition coefficient (Wildman–Crippen LogP) is 1.45. The van der Waals surface area contributed by atoms with Gasteiger partial charge < -0.3 is 10.2 Å². The molecule has 1 unspecified atom stereocenters. The minimum atomic E-state index is -0.896. The highest BCUT2D eigenvalue weighted by Crippen LogP contribution is 2.33. The number of amides is 1. The molecule has 3 atom stereocenters. The summed E-state index contributed by atoms with van der Waals surface area (Å²) >= 11 is 0. The summed E-state index contributed by atoms with van der Waals surface area (Å²) in [6.45, 7) is 1.74. The van der Waals surface area contributed by atoms with Crippen LogP contribution in [-0.2, 0) is 14.4 Å². The lowest BCUT2D eigenvalue weighted by Gasteiger charge is -2.30. The van der Waals surface area contributed by atoms with E-state index in [1.54, 1.807) is 6.92 Å². The Labute approximate surface area is 118 Å². The van der Waals surface area contributed by atoms with E-state index in [1.807, 2.05) is 12.2 Å². The summed E-state index contributed by atoms with van der Waals surface area (Å²) in [5.41, 5.74) is -0.764. The first-order valence-electron chi connectivity index (χ1n) is 6.99. The molecule has 20 heavy (non-hydrogen) atoms. The number of hydroxylamine groups is 2. The van der Waals surface area contributed by atoms with Crippen LogP contribution < -0.4 is 0 Å². The molecule has 1 heterocycles. The smallest absolute Gasteiger partial charge is 0.309 e. The van der Waals surface area contributed by atoms with Gasteiger partial charge in [-0.15, -0.1) is 0 Å². The molecule has 0 aromatic rings. The van der Waals surface area contributed by atoms with Crippen molar-refractivity contribution in [1.29, 1.82) is 0 Å². The second-order valence-corrected chi connectivity index (χ2v) is 5.75. The topological polar surface area (TPSA) is 87.1 Å². The van der Waals surface area contributed by atoms with Gasteiger partial charge in [-0.1, -0.05) is 12.2 Å². The minimum Gasteiger partial charge on any atom is -0.481 e. The Morgan fingerprint density at radius 3 is 2.80 bits per heavy atom. The van der Waals surface area contributed by atoms with Crippen LogP contribution in [0.1, 0.15) is 45.4 Å². The van der Waals surface area contributed by atoms with Gasteiger partial charge in [0.1, 0.15) is 6.10 Å². The van der Waals surface area contributed by atoms with Crippen LogP contribution in [0.4, 0.5) is 0 Å². The van der Waals surface area contributed by atoms with Crippen LogP contribution in [0.5, 0.6) is 0 Å². The maximum atomic E-state index is 11.6. The summed E-state index contributed by atoms with van der Waals surface area (Å²) < 4.78 is 0. The van der Waals surface area contributed by atoms with Crippen molar-refractivity contribution in [2.45, 2.75) is 57.8 Å². The van der Waals surface area contributed by atoms with Crippen LogP contribution >= 0.6 is 0 Å². The molecule has 0 bridgehead atoms. The second-order valence-electron chi connectivity index (χ2n) is 5.75. The largest absolute Gasteiger partial charge is 0.481 e. The van der Waals surface area contributed by atoms with E-state index in [0.29, 0.717) is 32.1 Å². The van der Waals surface area contributed by atoms with Gasteiger partial charge in [0.05, 0.1) is 5.41 Å². The zero-order valence-corrected chi connectivity index (χ0v) is 11.6. The molecule has 6 heteroatoms. The lowest BCUT2D eigenvalue weighted by molar-refractivity contribution is -0.234. The first-order valence-corrected chi connectivity index (χ1v) is 6.99. The molecule has 1 aliphatic heterocycles. The first-order chi connectivity index (χ1) is 9.42. The Hall–Kier alpha value is -1.40. The van der Waals surface area contributed by atoms with E-state index in [-0.39, 0.29) is 18.4 Å². The predicted molar refractivity (Wildman–Crippen MR) is 70.3 cm³/mol. The number of carboxylic acid groups (broad SMARTS) is 1. The number of carbonyl (C=O) groups excluding carboxylic acids is 1. The fourth-order valence-electron chi connectivity index (χ4n) is 2.55. The van der Waals surface area contributed by atoms with Crippen LogP contribution in [0.2, 0.25) is 0 Å². The average molecular weight is 283 g/mol. The van der Waals surface area contributed by atoms with Gasteiger partial charge in [0.25, 0.3) is 0 Å². The normalized spacial score (nSPS) is 36.5. The van der Waals surface area contributed by atoms with Crippen LogP contribution in [-0.4, -0.2) is 39.5 Å². The van der Waals surface area contributed by atoms with E-state index in [1.165, 1.54) is 0 Å². The number of aliphatic carboxylic acids is 1. The van der Waals surface area contributed by atoms with Crippen molar-refractivity contribution < 1.29 is 24.6 Å². The lowest BCUT2D eigenvalue weighted by atomic mass is 9.79. The molecule has 1 aliphatic carbocycles. The van der Waals surface area contributed by atoms with Gasteiger partial charge in [0.2, 0.25) is 5.91 Å². The summed E-state index contributed by atoms with van der Waals surface area (Å²) in [4.78, 5) is 28.4. The highest BCUT2D eigenvalue weighted by Gasteiger charge is 2.36. The van der Waals surface area contributed by atoms with Gasteiger partial charge in [0, 0.05) is 12.8 Å². The third-order valence-corrected chi connectivity index (χ3v) is 4.09. The Morgan fingerprint density at radius 1 is 1.45 bits per heavy atom. The standard InChI is InChI=1S/C14H21NO5/c1-14(13(18)19)8-3-2-4-10(7-9-14)20-15-11(16)5-6-12(15)17/h2,4,10-11,16H,3,5-9H2,1H3,(H,18,19)/b4-2+/t10-,11?,14+/m1/s1. The maximum Gasteiger partial charge on any atom is 0.309 e. The summed E-state index contributed by atoms with van der Waals surface area (Å²) in [5.74, 6) is -1.03. The quantitative estimate of drug-likeness (QED) is 0.765. The van der Waals surface area contributed by atoms with Crippen molar-refractivity contribution >= 4 is 11.9 Å². The summed E-state index contributed by atoms with van der Waals surface area (Å²) in [7, 11) is 0. The number of aliphatic hydroxyl groups excluding tert-OH is 1. The number of carbonyl (C=O) groups is 2. The Morgan fingerprint density at radius 2 is 2.20 bits per heavy atom. The van der Waals surface area contributed by atoms with Crippen molar-refractivity contribution in [2.75, 3.05) is 0 Å². The number of hydrogen-bond donors (Lipinski definition) is 2. The van der Waals surface area contributed by atoms with Crippen LogP contribution in [0.15, 0.2) is 12.2 Å². The van der Waals surface area contributed by atoms with Gasteiger partial charge in [-0.2, -0.15) is 5.06 Å². The number of rotatable bonds is 3. The zero-order valence-electron chi connectivity index (χ0n) is 11.6. The van der Waals surface area contributed by atoms with E-state index in [2.05, 4.69) is 0 Å². The Balaban J connectivity index is 2.00. The molecule has 0 saturated carbocycles. The number of nitrogens with zero attached hydrogens (tertiary/aromatic N) is 1. The monoisotopic (exact) mass is 283 g/mol. The molecule has 0 aromatic carbocycles. The molecule has 2 aliphatic rings. The van der Waals surface area contributed by atoms with Crippen molar-refractivity contribution in [1.82, 2.24) is 5.06 Å². The van der Waals surface area contributed by atoms with E-state index in [9.17, 15) is 19.8 Å². The number of aliphatic hydroxyl groups is 1. The third kappa shape index (κ3) is 3.19. The molecule has 2 rings (SSSR count). The van der Waals surface area contributed by atoms with Gasteiger partial charge >= 0.3 is 5.97 Å². The summed E-state index contributed by atoms with van der Waals surface area (Å²) in [6, 6.07) is 0. The van der Waals surface area contributed by atoms with Gasteiger partial charge in [-0.25, -0.2) is 0 Å². The summed E-state index contributed by atoms with van der Waals surface area (Å²) in [5, 5.41) is 20.0. The minimum absolute atomic E-state index is 0.228. The van der Waals surface area contributed by atoms with E-state index in [0.717, 1.165) is 5.06 Å². The molecular formula is C14H21NO5. The molecule has 0 radical (unpaired) electrons.